The van der Waals surface area contributed by atoms with Crippen molar-refractivity contribution in [3.8, 4) is 5.75 Å². The smallest absolute Gasteiger partial charge is 0.406 e. The van der Waals surface area contributed by atoms with Crippen LogP contribution in [0.4, 0.5) is 19.0 Å². The highest BCUT2D eigenvalue weighted by atomic mass is 19.4. The second-order valence-corrected chi connectivity index (χ2v) is 9.16. The number of carbonyl (C=O) groups is 2. The Morgan fingerprint density at radius 3 is 2.63 bits per heavy atom. The van der Waals surface area contributed by atoms with Crippen LogP contribution in [0.2, 0.25) is 0 Å². The molecule has 1 aliphatic rings. The molecule has 0 bridgehead atoms. The van der Waals surface area contributed by atoms with E-state index in [-0.39, 0.29) is 23.9 Å². The van der Waals surface area contributed by atoms with E-state index in [1.54, 1.807) is 23.0 Å². The van der Waals surface area contributed by atoms with Crippen molar-refractivity contribution >= 4 is 17.6 Å². The molecular formula is C25H28F3N7O3. The van der Waals surface area contributed by atoms with Gasteiger partial charge in [-0.1, -0.05) is 23.8 Å². The Morgan fingerprint density at radius 2 is 1.92 bits per heavy atom. The number of benzene rings is 1. The third-order valence-corrected chi connectivity index (χ3v) is 6.10. The van der Waals surface area contributed by atoms with Crippen molar-refractivity contribution in [3.63, 3.8) is 0 Å². The van der Waals surface area contributed by atoms with Crippen LogP contribution in [-0.4, -0.2) is 49.9 Å². The van der Waals surface area contributed by atoms with Crippen LogP contribution in [0.5, 0.6) is 5.75 Å². The summed E-state index contributed by atoms with van der Waals surface area (Å²) in [7, 11) is 0. The lowest BCUT2D eigenvalue weighted by Crippen LogP contribution is -2.32. The summed E-state index contributed by atoms with van der Waals surface area (Å²) in [6, 6.07) is 8.61. The number of nitrogens with one attached hydrogen (secondary N) is 2. The lowest BCUT2D eigenvalue weighted by molar-refractivity contribution is -0.274. The number of carbonyl (C=O) groups excluding carboxylic acids is 2. The van der Waals surface area contributed by atoms with Crippen molar-refractivity contribution in [2.75, 3.05) is 11.9 Å². The maximum absolute atomic E-state index is 12.4. The van der Waals surface area contributed by atoms with E-state index in [1.165, 1.54) is 24.6 Å². The first-order chi connectivity index (χ1) is 18.2. The van der Waals surface area contributed by atoms with Gasteiger partial charge >= 0.3 is 6.36 Å². The number of rotatable bonds is 12. The Balaban J connectivity index is 1.15. The van der Waals surface area contributed by atoms with Crippen LogP contribution < -0.4 is 15.4 Å². The number of amides is 2. The molecule has 38 heavy (non-hydrogen) atoms. The summed E-state index contributed by atoms with van der Waals surface area (Å²) in [5, 5.41) is 21.6. The van der Waals surface area contributed by atoms with Crippen molar-refractivity contribution in [1.29, 1.82) is 0 Å². The number of halogens is 3. The molecule has 0 saturated heterocycles. The van der Waals surface area contributed by atoms with Gasteiger partial charge in [0.05, 0.1) is 18.3 Å². The monoisotopic (exact) mass is 531 g/mol. The summed E-state index contributed by atoms with van der Waals surface area (Å²) >= 11 is 0. The normalized spacial score (nSPS) is 13.6. The first-order valence-corrected chi connectivity index (χ1v) is 12.4. The van der Waals surface area contributed by atoms with Gasteiger partial charge in [0.1, 0.15) is 5.75 Å². The maximum atomic E-state index is 12.4. The Kier molecular flexibility index (Phi) is 8.87. The molecule has 1 aliphatic carbocycles. The van der Waals surface area contributed by atoms with Crippen LogP contribution in [0, 0.1) is 5.92 Å². The zero-order chi connectivity index (χ0) is 27.0. The van der Waals surface area contributed by atoms with Gasteiger partial charge in [0, 0.05) is 13.1 Å². The standard InChI is InChI=1S/C25H28F3N7O3/c26-25(27,28)38-20-9-4-7-18(13-20)14-23(36)30-22-11-10-19(31-33-22)8-1-2-12-35-16-21(32-34-35)24(37)29-15-17-5-3-6-17/h4,7,9-11,13,16-17H,1-3,5-6,8,12,14-15H2,(H,29,37)(H,30,33,36). The fourth-order valence-electron chi connectivity index (χ4n) is 3.90. The van der Waals surface area contributed by atoms with Gasteiger partial charge in [0.25, 0.3) is 5.91 Å². The Bertz CT molecular complexity index is 1230. The van der Waals surface area contributed by atoms with Crippen molar-refractivity contribution in [1.82, 2.24) is 30.5 Å². The van der Waals surface area contributed by atoms with Gasteiger partial charge in [-0.05, 0) is 67.9 Å². The molecule has 2 amide bonds. The van der Waals surface area contributed by atoms with E-state index in [1.807, 2.05) is 0 Å². The number of hydrogen-bond donors (Lipinski definition) is 2. The van der Waals surface area contributed by atoms with E-state index in [4.69, 9.17) is 0 Å². The first kappa shape index (κ1) is 27.0. The molecule has 1 fully saturated rings. The van der Waals surface area contributed by atoms with Crippen molar-refractivity contribution in [2.24, 2.45) is 5.92 Å². The van der Waals surface area contributed by atoms with Crippen molar-refractivity contribution < 1.29 is 27.5 Å². The van der Waals surface area contributed by atoms with Gasteiger partial charge in [0.15, 0.2) is 11.5 Å². The van der Waals surface area contributed by atoms with Gasteiger partial charge in [-0.15, -0.1) is 23.4 Å². The van der Waals surface area contributed by atoms with Crippen LogP contribution in [0.3, 0.4) is 0 Å². The van der Waals surface area contributed by atoms with Gasteiger partial charge in [-0.3, -0.25) is 14.3 Å². The second kappa shape index (κ2) is 12.5. The number of nitrogens with zero attached hydrogens (tertiary/aromatic N) is 5. The molecule has 0 radical (unpaired) electrons. The molecule has 13 heteroatoms. The molecule has 2 aromatic heterocycles. The molecule has 0 aliphatic heterocycles. The van der Waals surface area contributed by atoms with Crippen LogP contribution in [0.1, 0.15) is 53.8 Å². The largest absolute Gasteiger partial charge is 0.573 e. The third-order valence-electron chi connectivity index (χ3n) is 6.10. The molecule has 2 N–H and O–H groups in total. The maximum Gasteiger partial charge on any atom is 0.573 e. The summed E-state index contributed by atoms with van der Waals surface area (Å²) in [6.07, 6.45) is 2.52. The molecule has 3 aromatic rings. The minimum Gasteiger partial charge on any atom is -0.406 e. The molecule has 1 aromatic carbocycles. The quantitative estimate of drug-likeness (QED) is 0.342. The molecule has 2 heterocycles. The highest BCUT2D eigenvalue weighted by Gasteiger charge is 2.31. The van der Waals surface area contributed by atoms with Crippen molar-refractivity contribution in [3.05, 3.63) is 59.5 Å². The average molecular weight is 532 g/mol. The SMILES string of the molecule is O=C(Cc1cccc(OC(F)(F)F)c1)Nc1ccc(CCCCn2cc(C(=O)NCC3CCC3)nn2)nn1. The Morgan fingerprint density at radius 1 is 1.08 bits per heavy atom. The predicted molar refractivity (Wildman–Crippen MR) is 130 cm³/mol. The summed E-state index contributed by atoms with van der Waals surface area (Å²) in [6.45, 7) is 1.30. The van der Waals surface area contributed by atoms with E-state index in [0.29, 0.717) is 36.7 Å². The highest BCUT2D eigenvalue weighted by Crippen LogP contribution is 2.25. The number of unbranched alkanes of at least 4 members (excludes halogenated alkanes) is 1. The van der Waals surface area contributed by atoms with Crippen LogP contribution in [0.25, 0.3) is 0 Å². The number of aryl methyl sites for hydroxylation is 2. The number of alkyl halides is 3. The summed E-state index contributed by atoms with van der Waals surface area (Å²) in [5.41, 5.74) is 1.42. The first-order valence-electron chi connectivity index (χ1n) is 12.4. The van der Waals surface area contributed by atoms with E-state index in [0.717, 1.165) is 37.4 Å². The molecule has 0 atom stereocenters. The number of aromatic nitrogens is 5. The van der Waals surface area contributed by atoms with Gasteiger partial charge in [-0.25, -0.2) is 0 Å². The average Bonchev–Trinajstić information content (AvgIpc) is 3.30. The van der Waals surface area contributed by atoms with Gasteiger partial charge in [-0.2, -0.15) is 5.10 Å². The predicted octanol–water partition coefficient (Wildman–Crippen LogP) is 3.70. The zero-order valence-electron chi connectivity index (χ0n) is 20.6. The molecule has 0 unspecified atom stereocenters. The number of anilines is 1. The molecule has 1 saturated carbocycles. The van der Waals surface area contributed by atoms with E-state index in [9.17, 15) is 22.8 Å². The summed E-state index contributed by atoms with van der Waals surface area (Å²) in [4.78, 5) is 24.4. The summed E-state index contributed by atoms with van der Waals surface area (Å²) < 4.78 is 42.7. The summed E-state index contributed by atoms with van der Waals surface area (Å²) in [5.74, 6) is -0.210. The Hall–Kier alpha value is -4.03. The van der Waals surface area contributed by atoms with Crippen molar-refractivity contribution in [2.45, 2.75) is 57.9 Å². The van der Waals surface area contributed by atoms with Crippen LogP contribution >= 0.6 is 0 Å². The molecule has 10 nitrogen and oxygen atoms in total. The minimum atomic E-state index is -4.80. The third kappa shape index (κ3) is 8.53. The minimum absolute atomic E-state index is 0.148. The van der Waals surface area contributed by atoms with Crippen LogP contribution in [-0.2, 0) is 24.2 Å². The second-order valence-electron chi connectivity index (χ2n) is 9.16. The van der Waals surface area contributed by atoms with Gasteiger partial charge in [0.2, 0.25) is 5.91 Å². The Labute approximate surface area is 217 Å². The van der Waals surface area contributed by atoms with Gasteiger partial charge < -0.3 is 15.4 Å². The zero-order valence-corrected chi connectivity index (χ0v) is 20.6. The van der Waals surface area contributed by atoms with E-state index in [2.05, 4.69) is 35.9 Å². The molecule has 4 rings (SSSR count). The molecular weight excluding hydrogens is 503 g/mol. The topological polar surface area (TPSA) is 124 Å². The highest BCUT2D eigenvalue weighted by molar-refractivity contribution is 5.92. The van der Waals surface area contributed by atoms with Crippen LogP contribution in [0.15, 0.2) is 42.6 Å². The van der Waals surface area contributed by atoms with E-state index >= 15 is 0 Å². The number of hydrogen-bond acceptors (Lipinski definition) is 7. The van der Waals surface area contributed by atoms with E-state index < -0.39 is 12.3 Å². The lowest BCUT2D eigenvalue weighted by atomic mass is 9.85. The fraction of sp³-hybridized carbons (Fsp3) is 0.440. The lowest BCUT2D eigenvalue weighted by Gasteiger charge is -2.25. The molecule has 0 spiro atoms. The number of ether oxygens (including phenoxy) is 1. The fourth-order valence-corrected chi connectivity index (χ4v) is 3.90. The molecule has 202 valence electrons.